The highest BCUT2D eigenvalue weighted by Crippen LogP contribution is 2.37. The van der Waals surface area contributed by atoms with Gasteiger partial charge >= 0.3 is 11.6 Å². The standard InChI is InChI=1S/C20H22O6/c1-4-12(7-8-21)19(23)26-20(2,3)17-10-14-9-13-5-6-18(22)25-15(13)11-16(14)24-17/h4-6,9,11,17,21H,7-8,10H2,1-3H3/t17-/m1/s1. The zero-order valence-electron chi connectivity index (χ0n) is 15.1. The molecule has 6 heteroatoms. The molecule has 0 unspecified atom stereocenters. The van der Waals surface area contributed by atoms with E-state index in [-0.39, 0.29) is 19.1 Å². The summed E-state index contributed by atoms with van der Waals surface area (Å²) < 4.78 is 16.8. The van der Waals surface area contributed by atoms with E-state index in [0.29, 0.717) is 23.3 Å². The van der Waals surface area contributed by atoms with Crippen molar-refractivity contribution in [2.75, 3.05) is 6.61 Å². The predicted molar refractivity (Wildman–Crippen MR) is 96.2 cm³/mol. The molecule has 1 aromatic carbocycles. The molecule has 0 saturated carbocycles. The molecular formula is C20H22O6. The molecule has 1 aliphatic heterocycles. The molecule has 0 amide bonds. The molecular weight excluding hydrogens is 336 g/mol. The van der Waals surface area contributed by atoms with Crippen LogP contribution in [0.15, 0.2) is 45.1 Å². The fraction of sp³-hybridized carbons (Fsp3) is 0.400. The summed E-state index contributed by atoms with van der Waals surface area (Å²) >= 11 is 0. The van der Waals surface area contributed by atoms with Crippen molar-refractivity contribution in [2.45, 2.75) is 45.3 Å². The minimum absolute atomic E-state index is 0.113. The van der Waals surface area contributed by atoms with Gasteiger partial charge in [-0.1, -0.05) is 6.08 Å². The number of carbonyl (C=O) groups is 1. The molecule has 1 aromatic heterocycles. The third kappa shape index (κ3) is 3.51. The van der Waals surface area contributed by atoms with Crippen LogP contribution < -0.4 is 10.4 Å². The maximum absolute atomic E-state index is 12.3. The van der Waals surface area contributed by atoms with Crippen molar-refractivity contribution >= 4 is 16.9 Å². The zero-order chi connectivity index (χ0) is 18.9. The van der Waals surface area contributed by atoms with Crippen LogP contribution in [0.1, 0.15) is 32.8 Å². The van der Waals surface area contributed by atoms with Crippen molar-refractivity contribution in [3.05, 3.63) is 51.9 Å². The second-order valence-electron chi connectivity index (χ2n) is 6.84. The molecule has 2 heterocycles. The summed E-state index contributed by atoms with van der Waals surface area (Å²) in [6.45, 7) is 5.22. The van der Waals surface area contributed by atoms with Crippen LogP contribution in [0.3, 0.4) is 0 Å². The molecule has 26 heavy (non-hydrogen) atoms. The lowest BCUT2D eigenvalue weighted by Crippen LogP contribution is -2.44. The van der Waals surface area contributed by atoms with E-state index in [1.165, 1.54) is 6.07 Å². The molecule has 0 spiro atoms. The first kappa shape index (κ1) is 18.2. The van der Waals surface area contributed by atoms with Crippen molar-refractivity contribution in [3.8, 4) is 5.75 Å². The van der Waals surface area contributed by atoms with E-state index in [4.69, 9.17) is 19.0 Å². The summed E-state index contributed by atoms with van der Waals surface area (Å²) in [4.78, 5) is 23.7. The third-order valence-corrected chi connectivity index (χ3v) is 4.60. The van der Waals surface area contributed by atoms with Crippen molar-refractivity contribution in [1.82, 2.24) is 0 Å². The van der Waals surface area contributed by atoms with E-state index < -0.39 is 17.2 Å². The Balaban J connectivity index is 1.80. The normalized spacial score (nSPS) is 17.1. The van der Waals surface area contributed by atoms with Crippen molar-refractivity contribution < 1.29 is 23.8 Å². The molecule has 1 N–H and O–H groups in total. The number of hydrogen-bond donors (Lipinski definition) is 1. The monoisotopic (exact) mass is 358 g/mol. The summed E-state index contributed by atoms with van der Waals surface area (Å²) in [5.41, 5.74) is 0.591. The number of fused-ring (bicyclic) bond motifs is 2. The maximum atomic E-state index is 12.3. The minimum atomic E-state index is -0.868. The van der Waals surface area contributed by atoms with E-state index in [9.17, 15) is 9.59 Å². The van der Waals surface area contributed by atoms with Gasteiger partial charge in [-0.3, -0.25) is 0 Å². The second-order valence-corrected chi connectivity index (χ2v) is 6.84. The van der Waals surface area contributed by atoms with Gasteiger partial charge in [-0.25, -0.2) is 9.59 Å². The quantitative estimate of drug-likeness (QED) is 0.502. The summed E-state index contributed by atoms with van der Waals surface area (Å²) in [7, 11) is 0. The number of aliphatic hydroxyl groups is 1. The number of aliphatic hydroxyl groups excluding tert-OH is 1. The van der Waals surface area contributed by atoms with E-state index >= 15 is 0 Å². The fourth-order valence-corrected chi connectivity index (χ4v) is 3.05. The van der Waals surface area contributed by atoms with Crippen LogP contribution in [0.25, 0.3) is 11.0 Å². The molecule has 138 valence electrons. The number of rotatable bonds is 5. The smallest absolute Gasteiger partial charge is 0.336 e. The molecule has 0 fully saturated rings. The lowest BCUT2D eigenvalue weighted by atomic mass is 9.96. The second kappa shape index (κ2) is 6.96. The number of esters is 1. The first-order valence-electron chi connectivity index (χ1n) is 8.57. The molecule has 0 bridgehead atoms. The Labute approximate surface area is 151 Å². The Morgan fingerprint density at radius 2 is 2.15 bits per heavy atom. The van der Waals surface area contributed by atoms with Gasteiger partial charge < -0.3 is 19.0 Å². The van der Waals surface area contributed by atoms with Gasteiger partial charge in [0, 0.05) is 42.5 Å². The van der Waals surface area contributed by atoms with Gasteiger partial charge in [0.1, 0.15) is 23.0 Å². The Morgan fingerprint density at radius 1 is 1.38 bits per heavy atom. The van der Waals surface area contributed by atoms with Crippen molar-refractivity contribution in [3.63, 3.8) is 0 Å². The van der Waals surface area contributed by atoms with Crippen LogP contribution in [0.5, 0.6) is 5.75 Å². The van der Waals surface area contributed by atoms with Crippen LogP contribution >= 0.6 is 0 Å². The number of carbonyl (C=O) groups excluding carboxylic acids is 1. The molecule has 3 rings (SSSR count). The van der Waals surface area contributed by atoms with Gasteiger partial charge in [0.2, 0.25) is 0 Å². The highest BCUT2D eigenvalue weighted by Gasteiger charge is 2.40. The van der Waals surface area contributed by atoms with Crippen LogP contribution in [0.2, 0.25) is 0 Å². The van der Waals surface area contributed by atoms with E-state index in [1.54, 1.807) is 39.0 Å². The third-order valence-electron chi connectivity index (χ3n) is 4.60. The molecule has 0 saturated heterocycles. The maximum Gasteiger partial charge on any atom is 0.336 e. The lowest BCUT2D eigenvalue weighted by molar-refractivity contribution is -0.160. The fourth-order valence-electron chi connectivity index (χ4n) is 3.05. The number of benzene rings is 1. The molecule has 1 aliphatic rings. The zero-order valence-corrected chi connectivity index (χ0v) is 15.1. The Morgan fingerprint density at radius 3 is 2.85 bits per heavy atom. The Hall–Kier alpha value is -2.60. The number of ether oxygens (including phenoxy) is 2. The van der Waals surface area contributed by atoms with Crippen LogP contribution in [0, 0.1) is 0 Å². The van der Waals surface area contributed by atoms with Crippen molar-refractivity contribution in [1.29, 1.82) is 0 Å². The van der Waals surface area contributed by atoms with E-state index in [1.807, 2.05) is 6.07 Å². The lowest BCUT2D eigenvalue weighted by Gasteiger charge is -2.31. The topological polar surface area (TPSA) is 86.0 Å². The molecule has 1 atom stereocenters. The number of allylic oxidation sites excluding steroid dienone is 1. The van der Waals surface area contributed by atoms with Gasteiger partial charge in [-0.05, 0) is 38.5 Å². The predicted octanol–water partition coefficient (Wildman–Crippen LogP) is 2.75. The summed E-state index contributed by atoms with van der Waals surface area (Å²) in [6.07, 6.45) is 2.11. The van der Waals surface area contributed by atoms with Crippen LogP contribution in [-0.2, 0) is 16.0 Å². The first-order chi connectivity index (χ1) is 12.3. The number of hydrogen-bond acceptors (Lipinski definition) is 6. The summed E-state index contributed by atoms with van der Waals surface area (Å²) in [6, 6.07) is 6.72. The summed E-state index contributed by atoms with van der Waals surface area (Å²) in [5.74, 6) is 0.171. The van der Waals surface area contributed by atoms with Gasteiger partial charge in [0.15, 0.2) is 0 Å². The van der Waals surface area contributed by atoms with E-state index in [0.717, 1.165) is 10.9 Å². The van der Waals surface area contributed by atoms with Crippen molar-refractivity contribution in [2.24, 2.45) is 0 Å². The summed E-state index contributed by atoms with van der Waals surface area (Å²) in [5, 5.41) is 9.87. The minimum Gasteiger partial charge on any atom is -0.485 e. The average Bonchev–Trinajstić information content (AvgIpc) is 3.00. The van der Waals surface area contributed by atoms with Crippen LogP contribution in [-0.4, -0.2) is 29.4 Å². The Bertz CT molecular complexity index is 922. The van der Waals surface area contributed by atoms with Gasteiger partial charge in [-0.2, -0.15) is 0 Å². The average molecular weight is 358 g/mol. The highest BCUT2D eigenvalue weighted by atomic mass is 16.6. The first-order valence-corrected chi connectivity index (χ1v) is 8.57. The van der Waals surface area contributed by atoms with Gasteiger partial charge in [-0.15, -0.1) is 0 Å². The molecule has 0 radical (unpaired) electrons. The van der Waals surface area contributed by atoms with Gasteiger partial charge in [0.05, 0.1) is 0 Å². The van der Waals surface area contributed by atoms with Gasteiger partial charge in [0.25, 0.3) is 0 Å². The molecule has 2 aromatic rings. The molecule has 6 nitrogen and oxygen atoms in total. The van der Waals surface area contributed by atoms with E-state index in [2.05, 4.69) is 0 Å². The SMILES string of the molecule is CC=C(CCO)C(=O)OC(C)(C)[C@H]1Cc2cc3ccc(=O)oc3cc2O1. The Kier molecular flexibility index (Phi) is 4.87. The highest BCUT2D eigenvalue weighted by molar-refractivity contribution is 5.88. The largest absolute Gasteiger partial charge is 0.485 e. The molecule has 0 aliphatic carbocycles. The van der Waals surface area contributed by atoms with Crippen LogP contribution in [0.4, 0.5) is 0 Å².